The first-order valence-electron chi connectivity index (χ1n) is 7.96. The minimum atomic E-state index is -0.596. The molecule has 5 nitrogen and oxygen atoms in total. The molecule has 1 aromatic heterocycles. The maximum Gasteiger partial charge on any atom is 0.273 e. The molecule has 27 heavy (non-hydrogen) atoms. The lowest BCUT2D eigenvalue weighted by Crippen LogP contribution is -2.33. The van der Waals surface area contributed by atoms with Crippen LogP contribution < -0.4 is 20.1 Å². The molecule has 1 N–H and O–H groups in total. The molecular formula is C20H14FN3O2S. The Kier molecular flexibility index (Phi) is 5.29. The fraction of sp³-hybridized carbons (Fsp3) is 0.0500. The van der Waals surface area contributed by atoms with Crippen molar-refractivity contribution in [2.45, 2.75) is 0 Å². The summed E-state index contributed by atoms with van der Waals surface area (Å²) >= 11 is 1.04. The largest absolute Gasteiger partial charge is 0.354 e. The van der Waals surface area contributed by atoms with Gasteiger partial charge in [0.25, 0.3) is 11.5 Å². The Labute approximate surface area is 157 Å². The van der Waals surface area contributed by atoms with Crippen molar-refractivity contribution in [3.63, 3.8) is 0 Å². The number of halogens is 1. The standard InChI is InChI=1S/C20H14FN3O2S/c1-23-18(25)16(12-22)20-24(15-9-7-14(21)8-10-15)19(26)17(27-20)11-13-5-3-2-4-6-13/h2-11H,1H3,(H,23,25). The zero-order valence-corrected chi connectivity index (χ0v) is 15.1. The summed E-state index contributed by atoms with van der Waals surface area (Å²) in [6, 6.07) is 16.4. The van der Waals surface area contributed by atoms with Crippen molar-refractivity contribution in [3.05, 3.63) is 85.5 Å². The number of benzene rings is 2. The Balaban J connectivity index is 2.41. The molecule has 0 atom stereocenters. The minimum Gasteiger partial charge on any atom is -0.354 e. The molecule has 134 valence electrons. The second-order valence-corrected chi connectivity index (χ2v) is 6.54. The average molecular weight is 379 g/mol. The summed E-state index contributed by atoms with van der Waals surface area (Å²) in [6.07, 6.45) is 1.69. The summed E-state index contributed by atoms with van der Waals surface area (Å²) in [6.45, 7) is 0. The smallest absolute Gasteiger partial charge is 0.273 e. The second kappa shape index (κ2) is 7.81. The first kappa shape index (κ1) is 18.3. The third-order valence-electron chi connectivity index (χ3n) is 3.79. The molecule has 0 bridgehead atoms. The lowest BCUT2D eigenvalue weighted by atomic mass is 10.2. The average Bonchev–Trinajstić information content (AvgIpc) is 3.00. The molecule has 0 aliphatic rings. The maximum absolute atomic E-state index is 13.3. The zero-order valence-electron chi connectivity index (χ0n) is 14.3. The molecule has 0 aliphatic heterocycles. The molecule has 2 aromatic carbocycles. The van der Waals surface area contributed by atoms with Crippen LogP contribution in [0, 0.1) is 17.1 Å². The quantitative estimate of drug-likeness (QED) is 0.745. The summed E-state index contributed by atoms with van der Waals surface area (Å²) in [5, 5.41) is 11.9. The van der Waals surface area contributed by atoms with Gasteiger partial charge in [-0.3, -0.25) is 14.2 Å². The number of nitriles is 1. The van der Waals surface area contributed by atoms with Crippen LogP contribution in [0.25, 0.3) is 17.3 Å². The third kappa shape index (κ3) is 3.71. The first-order chi connectivity index (χ1) is 13.0. The number of carbonyl (C=O) groups excluding carboxylic acids is 1. The highest BCUT2D eigenvalue weighted by Crippen LogP contribution is 2.06. The molecule has 3 rings (SSSR count). The number of nitrogens with zero attached hydrogens (tertiary/aromatic N) is 2. The summed E-state index contributed by atoms with van der Waals surface area (Å²) in [5.74, 6) is -1.05. The van der Waals surface area contributed by atoms with Gasteiger partial charge in [0.05, 0.1) is 10.2 Å². The normalized spacial score (nSPS) is 12.4. The number of carbonyl (C=O) groups is 1. The molecule has 1 heterocycles. The highest BCUT2D eigenvalue weighted by Gasteiger charge is 2.15. The molecule has 0 saturated carbocycles. The fourth-order valence-corrected chi connectivity index (χ4v) is 3.60. The topological polar surface area (TPSA) is 74.9 Å². The fourth-order valence-electron chi connectivity index (χ4n) is 2.50. The van der Waals surface area contributed by atoms with E-state index in [1.807, 2.05) is 36.4 Å². The number of rotatable bonds is 3. The van der Waals surface area contributed by atoms with Gasteiger partial charge in [0.2, 0.25) is 0 Å². The lowest BCUT2D eigenvalue weighted by Gasteiger charge is -2.03. The van der Waals surface area contributed by atoms with Crippen molar-refractivity contribution < 1.29 is 9.18 Å². The molecular weight excluding hydrogens is 365 g/mol. The van der Waals surface area contributed by atoms with Crippen molar-refractivity contribution >= 4 is 28.9 Å². The van der Waals surface area contributed by atoms with Gasteiger partial charge in [-0.25, -0.2) is 4.39 Å². The molecule has 3 aromatic rings. The zero-order chi connectivity index (χ0) is 19.4. The molecule has 0 radical (unpaired) electrons. The van der Waals surface area contributed by atoms with E-state index in [2.05, 4.69) is 5.32 Å². The number of hydrogen-bond donors (Lipinski definition) is 1. The van der Waals surface area contributed by atoms with E-state index in [-0.39, 0.29) is 15.8 Å². The van der Waals surface area contributed by atoms with Crippen LogP contribution >= 0.6 is 11.3 Å². The van der Waals surface area contributed by atoms with Crippen LogP contribution in [0.15, 0.2) is 59.4 Å². The van der Waals surface area contributed by atoms with Crippen LogP contribution in [0.1, 0.15) is 5.56 Å². The van der Waals surface area contributed by atoms with E-state index in [4.69, 9.17) is 0 Å². The molecule has 0 spiro atoms. The van der Waals surface area contributed by atoms with Crippen LogP contribution in [0.3, 0.4) is 0 Å². The number of nitrogens with one attached hydrogen (secondary N) is 1. The van der Waals surface area contributed by atoms with E-state index in [9.17, 15) is 19.2 Å². The molecule has 0 saturated heterocycles. The van der Waals surface area contributed by atoms with Crippen LogP contribution in [0.4, 0.5) is 4.39 Å². The van der Waals surface area contributed by atoms with Gasteiger partial charge in [0.1, 0.15) is 16.5 Å². The Morgan fingerprint density at radius 1 is 1.19 bits per heavy atom. The Hall–Kier alpha value is -3.50. The van der Waals surface area contributed by atoms with Crippen LogP contribution in [0.5, 0.6) is 0 Å². The van der Waals surface area contributed by atoms with E-state index in [1.165, 1.54) is 35.9 Å². The van der Waals surface area contributed by atoms with Crippen molar-refractivity contribution in [3.8, 4) is 11.8 Å². The molecule has 0 unspecified atom stereocenters. The number of hydrogen-bond acceptors (Lipinski definition) is 4. The monoisotopic (exact) mass is 379 g/mol. The van der Waals surface area contributed by atoms with Gasteiger partial charge < -0.3 is 5.32 Å². The SMILES string of the molecule is CNC(=O)C(C#N)=c1sc(=Cc2ccccc2)c(=O)n1-c1ccc(F)cc1. The maximum atomic E-state index is 13.3. The van der Waals surface area contributed by atoms with Crippen LogP contribution in [-0.4, -0.2) is 17.5 Å². The van der Waals surface area contributed by atoms with Crippen molar-refractivity contribution in [2.75, 3.05) is 7.05 Å². The van der Waals surface area contributed by atoms with Crippen molar-refractivity contribution in [1.29, 1.82) is 5.26 Å². The van der Waals surface area contributed by atoms with Gasteiger partial charge in [-0.05, 0) is 35.9 Å². The lowest BCUT2D eigenvalue weighted by molar-refractivity contribution is -0.115. The first-order valence-corrected chi connectivity index (χ1v) is 8.78. The van der Waals surface area contributed by atoms with Gasteiger partial charge in [-0.1, -0.05) is 30.3 Å². The Morgan fingerprint density at radius 3 is 2.44 bits per heavy atom. The van der Waals surface area contributed by atoms with E-state index in [0.717, 1.165) is 16.9 Å². The van der Waals surface area contributed by atoms with Gasteiger partial charge >= 0.3 is 0 Å². The highest BCUT2D eigenvalue weighted by atomic mass is 32.1. The van der Waals surface area contributed by atoms with Gasteiger partial charge in [0.15, 0.2) is 5.57 Å². The van der Waals surface area contributed by atoms with E-state index in [0.29, 0.717) is 10.2 Å². The number of aromatic nitrogens is 1. The van der Waals surface area contributed by atoms with Gasteiger partial charge in [0, 0.05) is 7.05 Å². The summed E-state index contributed by atoms with van der Waals surface area (Å²) in [7, 11) is 1.41. The van der Waals surface area contributed by atoms with Gasteiger partial charge in [-0.2, -0.15) is 5.26 Å². The molecule has 0 fully saturated rings. The Morgan fingerprint density at radius 2 is 1.85 bits per heavy atom. The molecule has 7 heteroatoms. The summed E-state index contributed by atoms with van der Waals surface area (Å²) in [4.78, 5) is 25.1. The van der Waals surface area contributed by atoms with Gasteiger partial charge in [-0.15, -0.1) is 11.3 Å². The Bertz CT molecular complexity index is 1200. The van der Waals surface area contributed by atoms with Crippen LogP contribution in [0.2, 0.25) is 0 Å². The van der Waals surface area contributed by atoms with Crippen molar-refractivity contribution in [1.82, 2.24) is 9.88 Å². The molecule has 1 amide bonds. The minimum absolute atomic E-state index is 0.184. The summed E-state index contributed by atoms with van der Waals surface area (Å²) < 4.78 is 15.1. The second-order valence-electron chi connectivity index (χ2n) is 5.51. The van der Waals surface area contributed by atoms with Crippen LogP contribution in [-0.2, 0) is 4.79 Å². The van der Waals surface area contributed by atoms with E-state index < -0.39 is 11.7 Å². The van der Waals surface area contributed by atoms with Crippen molar-refractivity contribution in [2.24, 2.45) is 0 Å². The van der Waals surface area contributed by atoms with E-state index in [1.54, 1.807) is 6.08 Å². The highest BCUT2D eigenvalue weighted by molar-refractivity contribution is 7.07. The predicted octanol–water partition coefficient (Wildman–Crippen LogP) is 1.29. The predicted molar refractivity (Wildman–Crippen MR) is 102 cm³/mol. The summed E-state index contributed by atoms with van der Waals surface area (Å²) in [5.41, 5.74) is 0.614. The van der Waals surface area contributed by atoms with E-state index >= 15 is 0 Å². The number of thiazole rings is 1. The number of amides is 1. The third-order valence-corrected chi connectivity index (χ3v) is 4.88. The molecule has 0 aliphatic carbocycles.